The van der Waals surface area contributed by atoms with Crippen molar-refractivity contribution in [2.75, 3.05) is 5.32 Å². The molecule has 2 aliphatic rings. The van der Waals surface area contributed by atoms with Gasteiger partial charge in [-0.2, -0.15) is 0 Å². The quantitative estimate of drug-likeness (QED) is 0.127. The Labute approximate surface area is 237 Å². The van der Waals surface area contributed by atoms with E-state index in [4.69, 9.17) is 4.74 Å². The van der Waals surface area contributed by atoms with Gasteiger partial charge in [-0.25, -0.2) is 9.59 Å². The van der Waals surface area contributed by atoms with Crippen molar-refractivity contribution >= 4 is 35.0 Å². The van der Waals surface area contributed by atoms with Gasteiger partial charge in [0.15, 0.2) is 5.78 Å². The number of esters is 1. The first-order chi connectivity index (χ1) is 20.2. The number of Topliss-reactive ketones (excluding diaryl/α,β-unsaturated/α-hetero) is 1. The highest BCUT2D eigenvalue weighted by atomic mass is 16.6. The number of nitro benzene ring substituents is 1. The second-order valence-corrected chi connectivity index (χ2v) is 9.86. The van der Waals surface area contributed by atoms with Crippen molar-refractivity contribution in [2.24, 2.45) is 14.1 Å². The lowest BCUT2D eigenvalue weighted by molar-refractivity contribution is -0.384. The normalized spacial score (nSPS) is 15.2. The number of aromatic nitrogens is 2. The fourth-order valence-electron chi connectivity index (χ4n) is 5.34. The summed E-state index contributed by atoms with van der Waals surface area (Å²) in [6, 6.07) is 19.3. The molecule has 0 radical (unpaired) electrons. The number of rotatable bonds is 5. The number of nitrogens with zero attached hydrogens (tertiary/aromatic N) is 3. The minimum absolute atomic E-state index is 0.0580. The van der Waals surface area contributed by atoms with Crippen molar-refractivity contribution in [1.29, 1.82) is 0 Å². The summed E-state index contributed by atoms with van der Waals surface area (Å²) in [5.41, 5.74) is 2.49. The summed E-state index contributed by atoms with van der Waals surface area (Å²) in [7, 11) is 2.95. The summed E-state index contributed by atoms with van der Waals surface area (Å²) < 4.78 is 7.78. The Kier molecular flexibility index (Phi) is 6.26. The highest BCUT2D eigenvalue weighted by molar-refractivity contribution is 6.23. The first kappa shape index (κ1) is 26.4. The molecule has 0 spiro atoms. The summed E-state index contributed by atoms with van der Waals surface area (Å²) in [6.45, 7) is 0. The number of nitrogens with one attached hydrogen (secondary N) is 1. The van der Waals surface area contributed by atoms with Crippen LogP contribution in [0, 0.1) is 10.1 Å². The molecule has 1 N–H and O–H groups in total. The third-order valence-corrected chi connectivity index (χ3v) is 7.42. The van der Waals surface area contributed by atoms with Crippen LogP contribution in [-0.2, 0) is 18.9 Å². The molecule has 6 rings (SSSR count). The molecule has 0 bridgehead atoms. The van der Waals surface area contributed by atoms with Gasteiger partial charge in [-0.15, -0.1) is 0 Å². The van der Waals surface area contributed by atoms with E-state index >= 15 is 0 Å². The van der Waals surface area contributed by atoms with E-state index in [1.165, 1.54) is 48.0 Å². The van der Waals surface area contributed by atoms with Gasteiger partial charge in [0.1, 0.15) is 11.6 Å². The molecule has 1 aliphatic heterocycles. The average Bonchev–Trinajstić information content (AvgIpc) is 3.29. The summed E-state index contributed by atoms with van der Waals surface area (Å²) in [5, 5.41) is 14.0. The molecule has 2 heterocycles. The van der Waals surface area contributed by atoms with E-state index < -0.39 is 28.1 Å². The Morgan fingerprint density at radius 1 is 0.929 bits per heavy atom. The van der Waals surface area contributed by atoms with Crippen LogP contribution in [-0.4, -0.2) is 25.8 Å². The minimum Gasteiger partial charge on any atom is -0.423 e. The van der Waals surface area contributed by atoms with Crippen LogP contribution in [0.4, 0.5) is 11.5 Å². The van der Waals surface area contributed by atoms with Crippen molar-refractivity contribution in [3.8, 4) is 5.75 Å². The van der Waals surface area contributed by atoms with E-state index in [0.29, 0.717) is 39.3 Å². The third kappa shape index (κ3) is 4.24. The van der Waals surface area contributed by atoms with Crippen LogP contribution < -0.4 is 21.3 Å². The Morgan fingerprint density at radius 3 is 2.26 bits per heavy atom. The average molecular weight is 563 g/mol. The number of nitro groups is 1. The monoisotopic (exact) mass is 562 g/mol. The maximum absolute atomic E-state index is 13.6. The van der Waals surface area contributed by atoms with Crippen molar-refractivity contribution in [2.45, 2.75) is 5.92 Å². The molecule has 1 aromatic heterocycles. The molecule has 3 aromatic carbocycles. The maximum atomic E-state index is 13.6. The molecule has 11 nitrogen and oxygen atoms in total. The van der Waals surface area contributed by atoms with Gasteiger partial charge in [-0.3, -0.25) is 28.8 Å². The zero-order chi connectivity index (χ0) is 29.7. The van der Waals surface area contributed by atoms with Crippen LogP contribution in [0.2, 0.25) is 0 Å². The molecule has 1 unspecified atom stereocenters. The molecule has 4 aromatic rings. The van der Waals surface area contributed by atoms with Gasteiger partial charge in [0.05, 0.1) is 16.2 Å². The van der Waals surface area contributed by atoms with Gasteiger partial charge in [0, 0.05) is 54.9 Å². The number of hydrogen-bond acceptors (Lipinski definition) is 8. The lowest BCUT2D eigenvalue weighted by Gasteiger charge is -2.29. The molecule has 11 heteroatoms. The number of ketones is 1. The van der Waals surface area contributed by atoms with E-state index in [0.717, 1.165) is 4.57 Å². The molecular formula is C31H22N4O7. The molecule has 42 heavy (non-hydrogen) atoms. The number of ether oxygens (including phenoxy) is 1. The van der Waals surface area contributed by atoms with Gasteiger partial charge in [0.2, 0.25) is 0 Å². The molecule has 1 atom stereocenters. The fraction of sp³-hybridized carbons (Fsp3) is 0.0968. The molecule has 0 amide bonds. The van der Waals surface area contributed by atoms with Crippen molar-refractivity contribution in [1.82, 2.24) is 9.13 Å². The molecular weight excluding hydrogens is 540 g/mol. The van der Waals surface area contributed by atoms with Gasteiger partial charge < -0.3 is 10.1 Å². The van der Waals surface area contributed by atoms with Gasteiger partial charge in [-0.1, -0.05) is 36.4 Å². The van der Waals surface area contributed by atoms with Gasteiger partial charge in [0.25, 0.3) is 11.2 Å². The number of fused-ring (bicyclic) bond motifs is 3. The largest absolute Gasteiger partial charge is 0.423 e. The summed E-state index contributed by atoms with van der Waals surface area (Å²) in [6.07, 6.45) is 2.68. The SMILES string of the molecule is Cn1c2c(c(=O)n(C)c1=O)C(c1ccc(OC(=O)/C=C/c3ccc([N+](=O)[O-])cc3)cc1)C1=C(N2)c2ccccc2C1=O. The number of carbonyl (C=O) groups excluding carboxylic acids is 2. The number of hydrogen-bond donors (Lipinski definition) is 1. The zero-order valence-corrected chi connectivity index (χ0v) is 22.4. The van der Waals surface area contributed by atoms with Gasteiger partial charge in [-0.05, 0) is 41.5 Å². The lowest BCUT2D eigenvalue weighted by Crippen LogP contribution is -2.42. The van der Waals surface area contributed by atoms with Crippen molar-refractivity contribution in [3.05, 3.63) is 143 Å². The van der Waals surface area contributed by atoms with Crippen LogP contribution in [0.25, 0.3) is 11.8 Å². The van der Waals surface area contributed by atoms with E-state index in [9.17, 15) is 29.3 Å². The highest BCUT2D eigenvalue weighted by Crippen LogP contribution is 2.47. The Balaban J connectivity index is 1.34. The predicted octanol–water partition coefficient (Wildman–Crippen LogP) is 3.78. The second-order valence-electron chi connectivity index (χ2n) is 9.86. The van der Waals surface area contributed by atoms with E-state index in [1.807, 2.05) is 12.1 Å². The Hall–Kier alpha value is -5.84. The summed E-state index contributed by atoms with van der Waals surface area (Å²) in [4.78, 5) is 62.6. The first-order valence-corrected chi connectivity index (χ1v) is 12.8. The molecule has 0 saturated heterocycles. The zero-order valence-electron chi connectivity index (χ0n) is 22.4. The standard InChI is InChI=1S/C31H22N4O7/c1-33-29-26(30(38)34(2)31(33)39)24(25-27(32-29)21-5-3-4-6-22(21)28(25)37)18-10-14-20(15-11-18)42-23(36)16-9-17-7-12-19(13-8-17)35(40)41/h3-16,24,32H,1-2H3/b16-9+. The molecule has 208 valence electrons. The van der Waals surface area contributed by atoms with Crippen LogP contribution >= 0.6 is 0 Å². The number of anilines is 1. The fourth-order valence-corrected chi connectivity index (χ4v) is 5.34. The number of benzene rings is 3. The van der Waals surface area contributed by atoms with Crippen LogP contribution in [0.5, 0.6) is 5.75 Å². The number of allylic oxidation sites excluding steroid dienone is 1. The second kappa shape index (κ2) is 9.97. The minimum atomic E-state index is -0.784. The first-order valence-electron chi connectivity index (χ1n) is 12.8. The van der Waals surface area contributed by atoms with Crippen LogP contribution in [0.15, 0.2) is 94.0 Å². The summed E-state index contributed by atoms with van der Waals surface area (Å²) >= 11 is 0. The van der Waals surface area contributed by atoms with Crippen molar-refractivity contribution in [3.63, 3.8) is 0 Å². The molecule has 0 fully saturated rings. The maximum Gasteiger partial charge on any atom is 0.336 e. The van der Waals surface area contributed by atoms with Crippen molar-refractivity contribution < 1.29 is 19.2 Å². The lowest BCUT2D eigenvalue weighted by atomic mass is 9.81. The molecule has 0 saturated carbocycles. The Bertz CT molecular complexity index is 2000. The molecule has 1 aliphatic carbocycles. The predicted molar refractivity (Wildman–Crippen MR) is 154 cm³/mol. The topological polar surface area (TPSA) is 143 Å². The van der Waals surface area contributed by atoms with E-state index in [1.54, 1.807) is 43.4 Å². The number of carbonyl (C=O) groups is 2. The van der Waals surface area contributed by atoms with Crippen LogP contribution in [0.1, 0.15) is 38.5 Å². The smallest absolute Gasteiger partial charge is 0.336 e. The summed E-state index contributed by atoms with van der Waals surface area (Å²) in [5.74, 6) is -1.12. The number of non-ortho nitro benzene ring substituents is 1. The third-order valence-electron chi connectivity index (χ3n) is 7.42. The van der Waals surface area contributed by atoms with Crippen LogP contribution in [0.3, 0.4) is 0 Å². The Morgan fingerprint density at radius 2 is 1.60 bits per heavy atom. The highest BCUT2D eigenvalue weighted by Gasteiger charge is 2.42. The van der Waals surface area contributed by atoms with E-state index in [2.05, 4.69) is 5.32 Å². The van der Waals surface area contributed by atoms with E-state index in [-0.39, 0.29) is 22.8 Å². The van der Waals surface area contributed by atoms with Gasteiger partial charge >= 0.3 is 11.7 Å².